The number of hydrogen-bond acceptors (Lipinski definition) is 3. The van der Waals surface area contributed by atoms with Crippen LogP contribution in [0.25, 0.3) is 0 Å². The number of carbonyl (C=O) groups is 1. The largest absolute Gasteiger partial charge is 0.374 e. The number of rotatable bonds is 4. The Bertz CT molecular complexity index is 439. The van der Waals surface area contributed by atoms with Gasteiger partial charge < -0.3 is 15.0 Å². The molecule has 1 N–H and O–H groups in total. The van der Waals surface area contributed by atoms with Gasteiger partial charge in [0.25, 0.3) is 5.91 Å². The van der Waals surface area contributed by atoms with Gasteiger partial charge in [0.1, 0.15) is 5.82 Å². The predicted molar refractivity (Wildman–Crippen MR) is 70.6 cm³/mol. The van der Waals surface area contributed by atoms with Crippen LogP contribution in [0.5, 0.6) is 0 Å². The van der Waals surface area contributed by atoms with Crippen molar-refractivity contribution < 1.29 is 13.9 Å². The fourth-order valence-electron chi connectivity index (χ4n) is 2.19. The van der Waals surface area contributed by atoms with Crippen molar-refractivity contribution in [1.82, 2.24) is 10.2 Å². The molecule has 1 saturated heterocycles. The van der Waals surface area contributed by atoms with Crippen LogP contribution in [-0.2, 0) is 4.74 Å². The van der Waals surface area contributed by atoms with E-state index < -0.39 is 0 Å². The van der Waals surface area contributed by atoms with Gasteiger partial charge in [0.2, 0.25) is 0 Å². The first kappa shape index (κ1) is 14.0. The first-order chi connectivity index (χ1) is 9.20. The lowest BCUT2D eigenvalue weighted by atomic mass is 10.1. The van der Waals surface area contributed by atoms with Crippen LogP contribution >= 0.6 is 0 Å². The van der Waals surface area contributed by atoms with Crippen LogP contribution in [0.2, 0.25) is 0 Å². The van der Waals surface area contributed by atoms with Crippen LogP contribution in [0, 0.1) is 5.82 Å². The number of benzene rings is 1. The summed E-state index contributed by atoms with van der Waals surface area (Å²) >= 11 is 0. The van der Waals surface area contributed by atoms with Crippen molar-refractivity contribution in [3.05, 3.63) is 35.6 Å². The lowest BCUT2D eigenvalue weighted by Gasteiger charge is -2.33. The summed E-state index contributed by atoms with van der Waals surface area (Å²) in [6, 6.07) is 5.82. The molecule has 1 aromatic carbocycles. The summed E-state index contributed by atoms with van der Waals surface area (Å²) in [5.74, 6) is -0.511. The van der Waals surface area contributed by atoms with E-state index in [2.05, 4.69) is 5.32 Å². The molecule has 1 aromatic rings. The number of halogens is 1. The Labute approximate surface area is 112 Å². The number of hydrogen-bond donors (Lipinski definition) is 1. The van der Waals surface area contributed by atoms with Crippen LogP contribution in [-0.4, -0.2) is 50.2 Å². The van der Waals surface area contributed by atoms with Gasteiger partial charge in [-0.1, -0.05) is 6.07 Å². The second-order valence-electron chi connectivity index (χ2n) is 4.65. The first-order valence-corrected chi connectivity index (χ1v) is 6.51. The summed E-state index contributed by atoms with van der Waals surface area (Å²) in [5, 5.41) is 3.07. The second-order valence-corrected chi connectivity index (χ2v) is 4.65. The smallest absolute Gasteiger partial charge is 0.254 e. The van der Waals surface area contributed by atoms with E-state index in [-0.39, 0.29) is 17.8 Å². The molecule has 1 atom stereocenters. The molecule has 5 heteroatoms. The minimum absolute atomic E-state index is 0.0544. The molecule has 1 fully saturated rings. The van der Waals surface area contributed by atoms with E-state index in [0.29, 0.717) is 25.3 Å². The average molecular weight is 266 g/mol. The van der Waals surface area contributed by atoms with Crippen LogP contribution in [0.4, 0.5) is 4.39 Å². The van der Waals surface area contributed by atoms with Gasteiger partial charge in [-0.2, -0.15) is 0 Å². The molecule has 19 heavy (non-hydrogen) atoms. The Kier molecular flexibility index (Phi) is 4.87. The topological polar surface area (TPSA) is 41.6 Å². The Balaban J connectivity index is 1.99. The molecule has 0 aromatic heterocycles. The summed E-state index contributed by atoms with van der Waals surface area (Å²) in [6.07, 6.45) is 0.919. The van der Waals surface area contributed by atoms with E-state index in [0.717, 1.165) is 13.0 Å². The molecule has 104 valence electrons. The van der Waals surface area contributed by atoms with E-state index in [1.165, 1.54) is 12.1 Å². The minimum atomic E-state index is -0.383. The zero-order valence-corrected chi connectivity index (χ0v) is 11.1. The third-order valence-electron chi connectivity index (χ3n) is 3.21. The van der Waals surface area contributed by atoms with E-state index >= 15 is 0 Å². The van der Waals surface area contributed by atoms with Crippen molar-refractivity contribution in [2.45, 2.75) is 12.5 Å². The molecule has 0 aliphatic carbocycles. The standard InChI is InChI=1S/C14H19FN2O2/c1-16-6-5-13-10-17(7-8-19-13)14(18)11-3-2-4-12(15)9-11/h2-4,9,13,16H,5-8,10H2,1H3. The molecule has 0 radical (unpaired) electrons. The summed E-state index contributed by atoms with van der Waals surface area (Å²) in [7, 11) is 1.89. The lowest BCUT2D eigenvalue weighted by molar-refractivity contribution is -0.0243. The second kappa shape index (κ2) is 6.63. The quantitative estimate of drug-likeness (QED) is 0.892. The van der Waals surface area contributed by atoms with Gasteiger partial charge in [0.15, 0.2) is 0 Å². The van der Waals surface area contributed by atoms with Gasteiger partial charge in [-0.05, 0) is 38.2 Å². The van der Waals surface area contributed by atoms with E-state index in [1.54, 1.807) is 17.0 Å². The maximum absolute atomic E-state index is 13.1. The zero-order chi connectivity index (χ0) is 13.7. The molecular weight excluding hydrogens is 247 g/mol. The molecule has 0 spiro atoms. The van der Waals surface area contributed by atoms with Gasteiger partial charge in [0.05, 0.1) is 12.7 Å². The minimum Gasteiger partial charge on any atom is -0.374 e. The molecule has 2 rings (SSSR count). The highest BCUT2D eigenvalue weighted by Crippen LogP contribution is 2.13. The molecule has 1 aliphatic heterocycles. The summed E-state index contributed by atoms with van der Waals surface area (Å²) in [5.41, 5.74) is 0.397. The molecule has 1 unspecified atom stereocenters. The highest BCUT2D eigenvalue weighted by Gasteiger charge is 2.24. The van der Waals surface area contributed by atoms with Gasteiger partial charge in [-0.15, -0.1) is 0 Å². The fraction of sp³-hybridized carbons (Fsp3) is 0.500. The Morgan fingerprint density at radius 2 is 2.42 bits per heavy atom. The molecule has 1 heterocycles. The highest BCUT2D eigenvalue weighted by atomic mass is 19.1. The number of nitrogens with one attached hydrogen (secondary N) is 1. The van der Waals surface area contributed by atoms with Crippen molar-refractivity contribution in [1.29, 1.82) is 0 Å². The molecule has 0 bridgehead atoms. The van der Waals surface area contributed by atoms with Crippen LogP contribution < -0.4 is 5.32 Å². The third kappa shape index (κ3) is 3.75. The van der Waals surface area contributed by atoms with E-state index in [9.17, 15) is 9.18 Å². The third-order valence-corrected chi connectivity index (χ3v) is 3.21. The average Bonchev–Trinajstić information content (AvgIpc) is 2.44. The molecule has 1 amide bonds. The van der Waals surface area contributed by atoms with Crippen molar-refractivity contribution in [3.8, 4) is 0 Å². The monoisotopic (exact) mass is 266 g/mol. The number of amides is 1. The van der Waals surface area contributed by atoms with Crippen LogP contribution in [0.1, 0.15) is 16.8 Å². The Hall–Kier alpha value is -1.46. The number of carbonyl (C=O) groups excluding carboxylic acids is 1. The number of nitrogens with zero attached hydrogens (tertiary/aromatic N) is 1. The Morgan fingerprint density at radius 1 is 1.58 bits per heavy atom. The zero-order valence-electron chi connectivity index (χ0n) is 11.1. The van der Waals surface area contributed by atoms with Gasteiger partial charge >= 0.3 is 0 Å². The van der Waals surface area contributed by atoms with E-state index in [1.807, 2.05) is 7.05 Å². The van der Waals surface area contributed by atoms with Gasteiger partial charge in [-0.25, -0.2) is 4.39 Å². The van der Waals surface area contributed by atoms with Crippen LogP contribution in [0.15, 0.2) is 24.3 Å². The maximum Gasteiger partial charge on any atom is 0.254 e. The maximum atomic E-state index is 13.1. The lowest BCUT2D eigenvalue weighted by Crippen LogP contribution is -2.46. The number of morpholine rings is 1. The van der Waals surface area contributed by atoms with Crippen LogP contribution in [0.3, 0.4) is 0 Å². The first-order valence-electron chi connectivity index (χ1n) is 6.51. The van der Waals surface area contributed by atoms with Crippen molar-refractivity contribution in [2.75, 3.05) is 33.3 Å². The number of ether oxygens (including phenoxy) is 1. The Morgan fingerprint density at radius 3 is 3.16 bits per heavy atom. The van der Waals surface area contributed by atoms with Gasteiger partial charge in [-0.3, -0.25) is 4.79 Å². The molecule has 1 aliphatic rings. The van der Waals surface area contributed by atoms with Gasteiger partial charge in [0, 0.05) is 18.7 Å². The molecule has 0 saturated carbocycles. The van der Waals surface area contributed by atoms with Crippen molar-refractivity contribution >= 4 is 5.91 Å². The predicted octanol–water partition coefficient (Wildman–Crippen LogP) is 1.28. The van der Waals surface area contributed by atoms with Crippen molar-refractivity contribution in [2.24, 2.45) is 0 Å². The normalized spacial score (nSPS) is 19.5. The fourth-order valence-corrected chi connectivity index (χ4v) is 2.19. The summed E-state index contributed by atoms with van der Waals surface area (Å²) < 4.78 is 18.7. The summed E-state index contributed by atoms with van der Waals surface area (Å²) in [4.78, 5) is 14.0. The SMILES string of the molecule is CNCCC1CN(C(=O)c2cccc(F)c2)CCO1. The summed E-state index contributed by atoms with van der Waals surface area (Å²) in [6.45, 7) is 2.52. The molecule has 4 nitrogen and oxygen atoms in total. The molecular formula is C14H19FN2O2. The van der Waals surface area contributed by atoms with Crippen molar-refractivity contribution in [3.63, 3.8) is 0 Å². The van der Waals surface area contributed by atoms with E-state index in [4.69, 9.17) is 4.74 Å². The highest BCUT2D eigenvalue weighted by molar-refractivity contribution is 5.94.